The first-order valence-corrected chi connectivity index (χ1v) is 7.69. The topological polar surface area (TPSA) is 65.2 Å². The smallest absolute Gasteiger partial charge is 0.310 e. The molecule has 0 amide bonds. The van der Waals surface area contributed by atoms with E-state index < -0.39 is 6.10 Å². The van der Waals surface area contributed by atoms with Gasteiger partial charge in [0.05, 0.1) is 5.92 Å². The molecule has 0 saturated heterocycles. The SMILES string of the molecule is Cc1nnc([C@H](C)OC(=O)[C@H]2C[C@]23CCc2ccccc23)o1. The third-order valence-corrected chi connectivity index (χ3v) is 4.94. The second-order valence-electron chi connectivity index (χ2n) is 6.31. The van der Waals surface area contributed by atoms with Gasteiger partial charge in [-0.3, -0.25) is 4.79 Å². The maximum atomic E-state index is 12.5. The summed E-state index contributed by atoms with van der Waals surface area (Å²) in [6.45, 7) is 3.49. The molecule has 114 valence electrons. The van der Waals surface area contributed by atoms with E-state index in [4.69, 9.17) is 9.15 Å². The van der Waals surface area contributed by atoms with Crippen LogP contribution in [0.1, 0.15) is 48.8 Å². The minimum atomic E-state index is -0.497. The highest BCUT2D eigenvalue weighted by Crippen LogP contribution is 2.62. The van der Waals surface area contributed by atoms with Gasteiger partial charge in [-0.25, -0.2) is 0 Å². The molecule has 0 radical (unpaired) electrons. The molecule has 1 saturated carbocycles. The second kappa shape index (κ2) is 4.66. The van der Waals surface area contributed by atoms with E-state index in [0.717, 1.165) is 19.3 Å². The summed E-state index contributed by atoms with van der Waals surface area (Å²) >= 11 is 0. The van der Waals surface area contributed by atoms with Gasteiger partial charge in [-0.1, -0.05) is 24.3 Å². The molecule has 1 spiro atoms. The van der Waals surface area contributed by atoms with Gasteiger partial charge in [0.1, 0.15) is 0 Å². The highest BCUT2D eigenvalue weighted by molar-refractivity contribution is 5.80. The number of aromatic nitrogens is 2. The van der Waals surface area contributed by atoms with Crippen LogP contribution in [0.5, 0.6) is 0 Å². The Hall–Kier alpha value is -2.17. The molecule has 1 fully saturated rings. The van der Waals surface area contributed by atoms with Gasteiger partial charge in [-0.15, -0.1) is 10.2 Å². The monoisotopic (exact) mass is 298 g/mol. The molecule has 0 unspecified atom stereocenters. The van der Waals surface area contributed by atoms with Crippen LogP contribution in [0, 0.1) is 12.8 Å². The van der Waals surface area contributed by atoms with Crippen LogP contribution >= 0.6 is 0 Å². The van der Waals surface area contributed by atoms with Crippen molar-refractivity contribution in [3.8, 4) is 0 Å². The van der Waals surface area contributed by atoms with Crippen LogP contribution in [0.25, 0.3) is 0 Å². The summed E-state index contributed by atoms with van der Waals surface area (Å²) in [6, 6.07) is 8.43. The van der Waals surface area contributed by atoms with Crippen molar-refractivity contribution < 1.29 is 13.9 Å². The van der Waals surface area contributed by atoms with Crippen LogP contribution in [0.3, 0.4) is 0 Å². The molecule has 1 heterocycles. The molecule has 2 aliphatic carbocycles. The Morgan fingerprint density at radius 2 is 2.23 bits per heavy atom. The van der Waals surface area contributed by atoms with Gasteiger partial charge in [0, 0.05) is 12.3 Å². The number of hydrogen-bond acceptors (Lipinski definition) is 5. The van der Waals surface area contributed by atoms with Gasteiger partial charge in [0.2, 0.25) is 5.89 Å². The number of carbonyl (C=O) groups is 1. The normalized spacial score (nSPS) is 26.7. The Labute approximate surface area is 128 Å². The highest BCUT2D eigenvalue weighted by Gasteiger charge is 2.62. The Morgan fingerprint density at radius 1 is 1.41 bits per heavy atom. The fourth-order valence-electron chi connectivity index (χ4n) is 3.69. The molecule has 4 rings (SSSR count). The Bertz CT molecular complexity index is 739. The second-order valence-corrected chi connectivity index (χ2v) is 6.31. The number of aryl methyl sites for hydroxylation is 2. The Balaban J connectivity index is 1.48. The molecule has 0 bridgehead atoms. The lowest BCUT2D eigenvalue weighted by Gasteiger charge is -2.13. The molecule has 5 heteroatoms. The van der Waals surface area contributed by atoms with Gasteiger partial charge in [-0.05, 0) is 37.3 Å². The van der Waals surface area contributed by atoms with E-state index in [1.165, 1.54) is 11.1 Å². The minimum Gasteiger partial charge on any atom is -0.452 e. The van der Waals surface area contributed by atoms with Crippen molar-refractivity contribution in [1.29, 1.82) is 0 Å². The summed E-state index contributed by atoms with van der Waals surface area (Å²) < 4.78 is 10.9. The van der Waals surface area contributed by atoms with Crippen LogP contribution in [0.2, 0.25) is 0 Å². The van der Waals surface area contributed by atoms with E-state index in [2.05, 4.69) is 34.5 Å². The molecule has 3 atom stereocenters. The van der Waals surface area contributed by atoms with Gasteiger partial charge >= 0.3 is 5.97 Å². The van der Waals surface area contributed by atoms with Crippen molar-refractivity contribution in [2.45, 2.75) is 44.6 Å². The average Bonchev–Trinajstić information content (AvgIpc) is 2.89. The molecule has 2 aliphatic rings. The maximum Gasteiger partial charge on any atom is 0.310 e. The van der Waals surface area contributed by atoms with Gasteiger partial charge in [0.25, 0.3) is 5.89 Å². The minimum absolute atomic E-state index is 0.0121. The number of benzene rings is 1. The van der Waals surface area contributed by atoms with E-state index in [9.17, 15) is 4.79 Å². The van der Waals surface area contributed by atoms with Crippen molar-refractivity contribution >= 4 is 5.97 Å². The van der Waals surface area contributed by atoms with Crippen molar-refractivity contribution in [3.05, 3.63) is 47.2 Å². The molecular weight excluding hydrogens is 280 g/mol. The molecule has 22 heavy (non-hydrogen) atoms. The van der Waals surface area contributed by atoms with E-state index >= 15 is 0 Å². The van der Waals surface area contributed by atoms with Crippen molar-refractivity contribution in [1.82, 2.24) is 10.2 Å². The number of rotatable bonds is 3. The van der Waals surface area contributed by atoms with Crippen molar-refractivity contribution in [2.75, 3.05) is 0 Å². The Morgan fingerprint density at radius 3 is 3.00 bits per heavy atom. The summed E-state index contributed by atoms with van der Waals surface area (Å²) in [5.41, 5.74) is 2.72. The summed E-state index contributed by atoms with van der Waals surface area (Å²) in [6.07, 6.45) is 2.49. The first-order chi connectivity index (χ1) is 10.6. The van der Waals surface area contributed by atoms with E-state index in [1.807, 2.05) is 0 Å². The van der Waals surface area contributed by atoms with E-state index in [-0.39, 0.29) is 17.3 Å². The fraction of sp³-hybridized carbons (Fsp3) is 0.471. The summed E-state index contributed by atoms with van der Waals surface area (Å²) in [7, 11) is 0. The lowest BCUT2D eigenvalue weighted by atomic mass is 9.95. The van der Waals surface area contributed by atoms with Gasteiger partial charge in [0.15, 0.2) is 6.10 Å². The zero-order valence-corrected chi connectivity index (χ0v) is 12.7. The number of esters is 1. The molecular formula is C17H18N2O3. The number of ether oxygens (including phenoxy) is 1. The quantitative estimate of drug-likeness (QED) is 0.815. The third kappa shape index (κ3) is 1.95. The maximum absolute atomic E-state index is 12.5. The van der Waals surface area contributed by atoms with Gasteiger partial charge in [-0.2, -0.15) is 0 Å². The number of nitrogens with zero attached hydrogens (tertiary/aromatic N) is 2. The third-order valence-electron chi connectivity index (χ3n) is 4.94. The van der Waals surface area contributed by atoms with E-state index in [0.29, 0.717) is 11.8 Å². The fourth-order valence-corrected chi connectivity index (χ4v) is 3.69. The predicted octanol–water partition coefficient (Wildman–Crippen LogP) is 2.89. The molecule has 0 aliphatic heterocycles. The molecule has 5 nitrogen and oxygen atoms in total. The van der Waals surface area contributed by atoms with Crippen molar-refractivity contribution in [2.24, 2.45) is 5.92 Å². The zero-order valence-electron chi connectivity index (χ0n) is 12.7. The summed E-state index contributed by atoms with van der Waals surface area (Å²) in [5.74, 6) is 0.639. The van der Waals surface area contributed by atoms with Crippen molar-refractivity contribution in [3.63, 3.8) is 0 Å². The highest BCUT2D eigenvalue weighted by atomic mass is 16.6. The largest absolute Gasteiger partial charge is 0.452 e. The van der Waals surface area contributed by atoms with Crippen LogP contribution in [0.4, 0.5) is 0 Å². The summed E-state index contributed by atoms with van der Waals surface area (Å²) in [5, 5.41) is 7.68. The zero-order chi connectivity index (χ0) is 15.3. The lowest BCUT2D eigenvalue weighted by molar-refractivity contribution is -0.151. The molecule has 1 aromatic heterocycles. The van der Waals surface area contributed by atoms with Crippen LogP contribution in [-0.4, -0.2) is 16.2 Å². The molecule has 2 aromatic rings. The standard InChI is InChI=1S/C17H18N2O3/c1-10(15-19-18-11(2)22-15)21-16(20)14-9-17(14)8-7-12-5-3-4-6-13(12)17/h3-6,10,14H,7-9H2,1-2H3/t10-,14+,17-/m0/s1. The first-order valence-electron chi connectivity index (χ1n) is 7.69. The number of hydrogen-bond donors (Lipinski definition) is 0. The summed E-state index contributed by atoms with van der Waals surface area (Å²) in [4.78, 5) is 12.5. The van der Waals surface area contributed by atoms with Gasteiger partial charge < -0.3 is 9.15 Å². The predicted molar refractivity (Wildman–Crippen MR) is 78.1 cm³/mol. The van der Waals surface area contributed by atoms with Crippen LogP contribution in [-0.2, 0) is 21.4 Å². The number of fused-ring (bicyclic) bond motifs is 2. The molecule has 0 N–H and O–H groups in total. The van der Waals surface area contributed by atoms with E-state index in [1.54, 1.807) is 13.8 Å². The number of carbonyl (C=O) groups excluding carboxylic acids is 1. The Kier molecular flexibility index (Phi) is 2.86. The van der Waals surface area contributed by atoms with Crippen LogP contribution in [0.15, 0.2) is 28.7 Å². The average molecular weight is 298 g/mol. The molecule has 1 aromatic carbocycles. The van der Waals surface area contributed by atoms with Crippen LogP contribution < -0.4 is 0 Å². The lowest BCUT2D eigenvalue weighted by Crippen LogP contribution is -2.17. The first kappa shape index (κ1) is 13.5.